The first-order valence-corrected chi connectivity index (χ1v) is 13.2. The lowest BCUT2D eigenvalue weighted by Crippen LogP contribution is -2.39. The second-order valence-corrected chi connectivity index (χ2v) is 10.5. The lowest BCUT2D eigenvalue weighted by atomic mass is 9.96. The predicted octanol–water partition coefficient (Wildman–Crippen LogP) is 4.89. The fourth-order valence-electron chi connectivity index (χ4n) is 3.81. The summed E-state index contributed by atoms with van der Waals surface area (Å²) in [7, 11) is 0. The first-order valence-electron chi connectivity index (χ1n) is 10.8. The van der Waals surface area contributed by atoms with Crippen molar-refractivity contribution in [2.24, 2.45) is 4.99 Å². The van der Waals surface area contributed by atoms with Crippen LogP contribution in [0.3, 0.4) is 0 Å². The van der Waals surface area contributed by atoms with Crippen molar-refractivity contribution in [3.05, 3.63) is 106 Å². The predicted molar refractivity (Wildman–Crippen MR) is 144 cm³/mol. The van der Waals surface area contributed by atoms with Gasteiger partial charge in [0.15, 0.2) is 4.80 Å². The average molecular weight is 618 g/mol. The summed E-state index contributed by atoms with van der Waals surface area (Å²) >= 11 is 8.21. The molecule has 0 bridgehead atoms. The number of allylic oxidation sites excluding steroid dienone is 1. The van der Waals surface area contributed by atoms with Gasteiger partial charge in [-0.25, -0.2) is 9.79 Å². The highest BCUT2D eigenvalue weighted by Gasteiger charge is 2.33. The average Bonchev–Trinajstić information content (AvgIpc) is 3.12. The molecule has 0 aliphatic carbocycles. The van der Waals surface area contributed by atoms with Crippen molar-refractivity contribution in [2.45, 2.75) is 19.9 Å². The second kappa shape index (κ2) is 10.9. The Morgan fingerprint density at radius 2 is 1.91 bits per heavy atom. The molecule has 0 fully saturated rings. The Labute approximate surface area is 223 Å². The van der Waals surface area contributed by atoms with E-state index in [1.165, 1.54) is 11.3 Å². The van der Waals surface area contributed by atoms with Crippen LogP contribution in [-0.4, -0.2) is 23.8 Å². The third kappa shape index (κ3) is 5.27. The van der Waals surface area contributed by atoms with E-state index in [1.807, 2.05) is 42.5 Å². The van der Waals surface area contributed by atoms with Crippen molar-refractivity contribution in [3.63, 3.8) is 0 Å². The highest BCUT2D eigenvalue weighted by atomic mass is 79.9. The molecule has 0 N–H and O–H groups in total. The maximum atomic E-state index is 13.7. The zero-order valence-electron chi connectivity index (χ0n) is 19.1. The Hall–Kier alpha value is -2.75. The molecule has 9 heteroatoms. The van der Waals surface area contributed by atoms with Crippen molar-refractivity contribution in [2.75, 3.05) is 13.2 Å². The molecule has 6 nitrogen and oxygen atoms in total. The van der Waals surface area contributed by atoms with Crippen molar-refractivity contribution < 1.29 is 14.3 Å². The van der Waals surface area contributed by atoms with Gasteiger partial charge in [-0.2, -0.15) is 0 Å². The van der Waals surface area contributed by atoms with Gasteiger partial charge in [-0.05, 0) is 55.8 Å². The summed E-state index contributed by atoms with van der Waals surface area (Å²) in [5.41, 5.74) is 2.17. The maximum Gasteiger partial charge on any atom is 0.338 e. The summed E-state index contributed by atoms with van der Waals surface area (Å²) in [6, 6.07) is 12.5. The fourth-order valence-corrected chi connectivity index (χ4v) is 5.49. The Morgan fingerprint density at radius 1 is 1.20 bits per heavy atom. The largest absolute Gasteiger partial charge is 0.489 e. The lowest BCUT2D eigenvalue weighted by molar-refractivity contribution is -0.139. The first-order chi connectivity index (χ1) is 16.8. The van der Waals surface area contributed by atoms with E-state index in [-0.39, 0.29) is 12.2 Å². The number of ether oxygens (including phenoxy) is 2. The molecule has 1 unspecified atom stereocenters. The smallest absolute Gasteiger partial charge is 0.338 e. The van der Waals surface area contributed by atoms with Gasteiger partial charge < -0.3 is 9.47 Å². The number of aromatic nitrogens is 1. The number of esters is 1. The zero-order valence-corrected chi connectivity index (χ0v) is 23.1. The van der Waals surface area contributed by atoms with Crippen LogP contribution < -0.4 is 19.6 Å². The topological polar surface area (TPSA) is 69.9 Å². The first kappa shape index (κ1) is 25.3. The summed E-state index contributed by atoms with van der Waals surface area (Å²) in [6.07, 6.45) is 3.45. The van der Waals surface area contributed by atoms with E-state index >= 15 is 0 Å². The van der Waals surface area contributed by atoms with Crippen LogP contribution in [-0.2, 0) is 9.53 Å². The van der Waals surface area contributed by atoms with Crippen LogP contribution in [0.15, 0.2) is 85.1 Å². The van der Waals surface area contributed by atoms with Crippen molar-refractivity contribution in [1.82, 2.24) is 4.57 Å². The van der Waals surface area contributed by atoms with Gasteiger partial charge >= 0.3 is 5.97 Å². The van der Waals surface area contributed by atoms with Gasteiger partial charge in [0.25, 0.3) is 5.56 Å². The van der Waals surface area contributed by atoms with E-state index in [0.29, 0.717) is 33.0 Å². The molecule has 0 spiro atoms. The molecule has 0 saturated heterocycles. The zero-order chi connectivity index (χ0) is 25.1. The summed E-state index contributed by atoms with van der Waals surface area (Å²) in [5, 5.41) is 0. The van der Waals surface area contributed by atoms with Crippen molar-refractivity contribution in [1.29, 1.82) is 0 Å². The van der Waals surface area contributed by atoms with Crippen LogP contribution >= 0.6 is 43.2 Å². The summed E-state index contributed by atoms with van der Waals surface area (Å²) in [6.45, 7) is 7.78. The number of fused-ring (bicyclic) bond motifs is 1. The molecule has 35 heavy (non-hydrogen) atoms. The Kier molecular flexibility index (Phi) is 7.88. The SMILES string of the molecule is C=CCOc1ccc(Br)cc1/C=c1\sc2n(c1=O)C(c1ccc(Br)cc1)C(C(=O)OCC)=C(C)N=2. The highest BCUT2D eigenvalue weighted by Crippen LogP contribution is 2.31. The summed E-state index contributed by atoms with van der Waals surface area (Å²) < 4.78 is 14.9. The van der Waals surface area contributed by atoms with Gasteiger partial charge in [-0.1, -0.05) is 68.0 Å². The van der Waals surface area contributed by atoms with E-state index < -0.39 is 12.0 Å². The van der Waals surface area contributed by atoms with Crippen molar-refractivity contribution in [3.8, 4) is 5.75 Å². The molecule has 1 atom stereocenters. The number of carbonyl (C=O) groups is 1. The number of carbonyl (C=O) groups excluding carboxylic acids is 1. The molecule has 0 saturated carbocycles. The minimum atomic E-state index is -0.653. The number of nitrogens with zero attached hydrogens (tertiary/aromatic N) is 2. The van der Waals surface area contributed by atoms with Gasteiger partial charge in [0.1, 0.15) is 12.4 Å². The third-order valence-electron chi connectivity index (χ3n) is 5.32. The lowest BCUT2D eigenvalue weighted by Gasteiger charge is -2.24. The summed E-state index contributed by atoms with van der Waals surface area (Å²) in [5.74, 6) is 0.148. The number of halogens is 2. The molecule has 180 valence electrons. The number of thiazole rings is 1. The van der Waals surface area contributed by atoms with E-state index in [4.69, 9.17) is 9.47 Å². The molecule has 0 radical (unpaired) electrons. The molecular formula is C26H22Br2N2O4S. The van der Waals surface area contributed by atoms with Gasteiger partial charge in [-0.15, -0.1) is 0 Å². The van der Waals surface area contributed by atoms with E-state index in [1.54, 1.807) is 30.6 Å². The molecule has 1 aliphatic heterocycles. The number of benzene rings is 2. The van der Waals surface area contributed by atoms with E-state index in [2.05, 4.69) is 43.4 Å². The van der Waals surface area contributed by atoms with E-state index in [9.17, 15) is 9.59 Å². The van der Waals surface area contributed by atoms with Crippen LogP contribution in [0.2, 0.25) is 0 Å². The maximum absolute atomic E-state index is 13.7. The quantitative estimate of drug-likeness (QED) is 0.280. The van der Waals surface area contributed by atoms with Crippen LogP contribution in [0, 0.1) is 0 Å². The highest BCUT2D eigenvalue weighted by molar-refractivity contribution is 9.10. The standard InChI is InChI=1S/C26H22Br2N2O4S/c1-4-12-34-20-11-10-19(28)13-17(20)14-21-24(31)30-23(16-6-8-18(27)9-7-16)22(25(32)33-5-2)15(3)29-26(30)35-21/h4,6-11,13-14,23H,1,5,12H2,2-3H3/b21-14-. The van der Waals surface area contributed by atoms with Gasteiger partial charge in [0.05, 0.1) is 28.5 Å². The molecule has 4 rings (SSSR count). The summed E-state index contributed by atoms with van der Waals surface area (Å²) in [4.78, 5) is 31.8. The molecule has 2 aromatic carbocycles. The minimum absolute atomic E-state index is 0.226. The van der Waals surface area contributed by atoms with Gasteiger partial charge in [0.2, 0.25) is 0 Å². The van der Waals surface area contributed by atoms with Crippen LogP contribution in [0.4, 0.5) is 0 Å². The molecule has 2 heterocycles. The van der Waals surface area contributed by atoms with Gasteiger partial charge in [0, 0.05) is 14.5 Å². The number of hydrogen-bond donors (Lipinski definition) is 0. The molecule has 1 aliphatic rings. The number of rotatable bonds is 7. The Morgan fingerprint density at radius 3 is 2.60 bits per heavy atom. The minimum Gasteiger partial charge on any atom is -0.489 e. The Bertz CT molecular complexity index is 1500. The molecule has 1 aromatic heterocycles. The fraction of sp³-hybridized carbons (Fsp3) is 0.192. The molecular weight excluding hydrogens is 596 g/mol. The van der Waals surface area contributed by atoms with Gasteiger partial charge in [-0.3, -0.25) is 9.36 Å². The van der Waals surface area contributed by atoms with Crippen LogP contribution in [0.1, 0.15) is 31.0 Å². The number of hydrogen-bond acceptors (Lipinski definition) is 6. The Balaban J connectivity index is 1.94. The molecule has 0 amide bonds. The van der Waals surface area contributed by atoms with Crippen LogP contribution in [0.5, 0.6) is 5.75 Å². The molecule has 3 aromatic rings. The van der Waals surface area contributed by atoms with Crippen LogP contribution in [0.25, 0.3) is 6.08 Å². The van der Waals surface area contributed by atoms with E-state index in [0.717, 1.165) is 20.1 Å². The third-order valence-corrected chi connectivity index (χ3v) is 7.32. The second-order valence-electron chi connectivity index (χ2n) is 7.64. The normalized spacial score (nSPS) is 15.4. The van der Waals surface area contributed by atoms with Crippen molar-refractivity contribution >= 4 is 55.2 Å². The monoisotopic (exact) mass is 616 g/mol.